The number of hydrogen-bond acceptors (Lipinski definition) is 2. The first kappa shape index (κ1) is 13.5. The molecule has 1 aliphatic heterocycles. The molecule has 0 bridgehead atoms. The second-order valence-electron chi connectivity index (χ2n) is 5.23. The van der Waals surface area contributed by atoms with E-state index in [2.05, 4.69) is 34.5 Å². The van der Waals surface area contributed by atoms with Gasteiger partial charge in [0.05, 0.1) is 0 Å². The summed E-state index contributed by atoms with van der Waals surface area (Å²) in [6.45, 7) is 4.25. The maximum absolute atomic E-state index is 5.88. The summed E-state index contributed by atoms with van der Waals surface area (Å²) >= 11 is 5.88. The van der Waals surface area contributed by atoms with E-state index in [0.29, 0.717) is 0 Å². The van der Waals surface area contributed by atoms with Gasteiger partial charge in [0.1, 0.15) is 0 Å². The molecule has 1 N–H and O–H groups in total. The summed E-state index contributed by atoms with van der Waals surface area (Å²) in [5.41, 5.74) is 4.12. The molecule has 0 radical (unpaired) electrons. The van der Waals surface area contributed by atoms with Crippen molar-refractivity contribution in [2.45, 2.75) is 13.0 Å². The quantitative estimate of drug-likeness (QED) is 0.919. The van der Waals surface area contributed by atoms with Crippen molar-refractivity contribution in [1.29, 1.82) is 0 Å². The molecule has 2 aromatic carbocycles. The number of nitrogens with one attached hydrogen (secondary N) is 1. The van der Waals surface area contributed by atoms with E-state index in [9.17, 15) is 0 Å². The Hall–Kier alpha value is -1.51. The third-order valence-electron chi connectivity index (χ3n) is 3.81. The molecular weight excluding hydrogens is 268 g/mol. The lowest BCUT2D eigenvalue weighted by Gasteiger charge is -2.28. The lowest BCUT2D eigenvalue weighted by atomic mass is 10.00. The Labute approximate surface area is 125 Å². The molecule has 0 atom stereocenters. The van der Waals surface area contributed by atoms with Crippen LogP contribution in [0, 0.1) is 0 Å². The van der Waals surface area contributed by atoms with Crippen LogP contribution in [0.2, 0.25) is 5.02 Å². The number of nitrogens with zero attached hydrogens (tertiary/aromatic N) is 1. The van der Waals surface area contributed by atoms with Gasteiger partial charge in [-0.1, -0.05) is 35.9 Å². The minimum absolute atomic E-state index is 0.781. The lowest BCUT2D eigenvalue weighted by Crippen LogP contribution is -2.34. The Morgan fingerprint density at radius 2 is 1.75 bits per heavy atom. The van der Waals surface area contributed by atoms with E-state index in [1.54, 1.807) is 0 Å². The molecule has 0 saturated heterocycles. The topological polar surface area (TPSA) is 15.3 Å². The zero-order valence-electron chi connectivity index (χ0n) is 11.5. The standard InChI is InChI=1S/C17H19ClN2/c18-16-5-7-17(8-6-16)19-10-12-20-11-9-14-3-1-2-4-15(14)13-20/h1-8,19H,9-13H2. The smallest absolute Gasteiger partial charge is 0.0407 e. The van der Waals surface area contributed by atoms with E-state index >= 15 is 0 Å². The number of fused-ring (bicyclic) bond motifs is 1. The van der Waals surface area contributed by atoms with Crippen molar-refractivity contribution >= 4 is 17.3 Å². The van der Waals surface area contributed by atoms with Crippen LogP contribution in [0.4, 0.5) is 5.69 Å². The van der Waals surface area contributed by atoms with Crippen LogP contribution in [0.25, 0.3) is 0 Å². The van der Waals surface area contributed by atoms with Crippen LogP contribution in [-0.4, -0.2) is 24.5 Å². The Morgan fingerprint density at radius 3 is 2.55 bits per heavy atom. The highest BCUT2D eigenvalue weighted by atomic mass is 35.5. The van der Waals surface area contributed by atoms with Gasteiger partial charge in [-0.05, 0) is 41.8 Å². The predicted octanol–water partition coefficient (Wildman–Crippen LogP) is 3.81. The van der Waals surface area contributed by atoms with Crippen molar-refractivity contribution in [3.8, 4) is 0 Å². The van der Waals surface area contributed by atoms with Gasteiger partial charge >= 0.3 is 0 Å². The fraction of sp³-hybridized carbons (Fsp3) is 0.294. The second kappa shape index (κ2) is 6.29. The molecule has 0 saturated carbocycles. The third-order valence-corrected chi connectivity index (χ3v) is 4.06. The van der Waals surface area contributed by atoms with Crippen LogP contribution < -0.4 is 5.32 Å². The van der Waals surface area contributed by atoms with Crippen molar-refractivity contribution in [2.75, 3.05) is 25.0 Å². The van der Waals surface area contributed by atoms with Crippen LogP contribution in [0.15, 0.2) is 48.5 Å². The zero-order valence-corrected chi connectivity index (χ0v) is 12.2. The molecule has 0 amide bonds. The highest BCUT2D eigenvalue weighted by molar-refractivity contribution is 6.30. The molecular formula is C17H19ClN2. The Balaban J connectivity index is 1.49. The summed E-state index contributed by atoms with van der Waals surface area (Å²) < 4.78 is 0. The molecule has 20 heavy (non-hydrogen) atoms. The van der Waals surface area contributed by atoms with Crippen molar-refractivity contribution in [3.63, 3.8) is 0 Å². The second-order valence-corrected chi connectivity index (χ2v) is 5.66. The van der Waals surface area contributed by atoms with Crippen LogP contribution in [-0.2, 0) is 13.0 Å². The van der Waals surface area contributed by atoms with Crippen LogP contribution >= 0.6 is 11.6 Å². The van der Waals surface area contributed by atoms with Gasteiger partial charge in [-0.2, -0.15) is 0 Å². The Kier molecular flexibility index (Phi) is 4.24. The van der Waals surface area contributed by atoms with Crippen molar-refractivity contribution in [3.05, 3.63) is 64.7 Å². The summed E-state index contributed by atoms with van der Waals surface area (Å²) in [6, 6.07) is 16.6. The molecule has 1 aliphatic rings. The van der Waals surface area contributed by atoms with Crippen LogP contribution in [0.3, 0.4) is 0 Å². The van der Waals surface area contributed by atoms with Gasteiger partial charge in [-0.25, -0.2) is 0 Å². The summed E-state index contributed by atoms with van der Waals surface area (Å²) in [7, 11) is 0. The normalized spacial score (nSPS) is 14.8. The van der Waals surface area contributed by atoms with E-state index in [1.165, 1.54) is 11.1 Å². The molecule has 0 fully saturated rings. The minimum Gasteiger partial charge on any atom is -0.384 e. The Morgan fingerprint density at radius 1 is 1.00 bits per heavy atom. The van der Waals surface area contributed by atoms with Gasteiger partial charge in [-0.15, -0.1) is 0 Å². The monoisotopic (exact) mass is 286 g/mol. The largest absolute Gasteiger partial charge is 0.384 e. The van der Waals surface area contributed by atoms with E-state index in [1.807, 2.05) is 24.3 Å². The summed E-state index contributed by atoms with van der Waals surface area (Å²) in [6.07, 6.45) is 1.16. The van der Waals surface area contributed by atoms with E-state index < -0.39 is 0 Å². The highest BCUT2D eigenvalue weighted by Gasteiger charge is 2.14. The third kappa shape index (κ3) is 3.33. The summed E-state index contributed by atoms with van der Waals surface area (Å²) in [4.78, 5) is 2.51. The zero-order chi connectivity index (χ0) is 13.8. The van der Waals surface area contributed by atoms with Crippen LogP contribution in [0.5, 0.6) is 0 Å². The van der Waals surface area contributed by atoms with Crippen LogP contribution in [0.1, 0.15) is 11.1 Å². The molecule has 2 nitrogen and oxygen atoms in total. The molecule has 2 aromatic rings. The molecule has 3 heteroatoms. The molecule has 0 spiro atoms. The number of hydrogen-bond donors (Lipinski definition) is 1. The van der Waals surface area contributed by atoms with Gasteiger partial charge in [-0.3, -0.25) is 4.90 Å². The van der Waals surface area contributed by atoms with E-state index in [4.69, 9.17) is 11.6 Å². The molecule has 3 rings (SSSR count). The number of benzene rings is 2. The maximum atomic E-state index is 5.88. The van der Waals surface area contributed by atoms with Crippen molar-refractivity contribution in [1.82, 2.24) is 4.90 Å². The first-order chi connectivity index (χ1) is 9.81. The maximum Gasteiger partial charge on any atom is 0.0407 e. The number of rotatable bonds is 4. The summed E-state index contributed by atoms with van der Waals surface area (Å²) in [5, 5.41) is 4.22. The highest BCUT2D eigenvalue weighted by Crippen LogP contribution is 2.18. The lowest BCUT2D eigenvalue weighted by molar-refractivity contribution is 0.264. The van der Waals surface area contributed by atoms with Gasteiger partial charge in [0, 0.05) is 36.9 Å². The van der Waals surface area contributed by atoms with Gasteiger partial charge in [0.2, 0.25) is 0 Å². The predicted molar refractivity (Wildman–Crippen MR) is 85.4 cm³/mol. The first-order valence-corrected chi connectivity index (χ1v) is 7.48. The average molecular weight is 287 g/mol. The SMILES string of the molecule is Clc1ccc(NCCN2CCc3ccccc3C2)cc1. The fourth-order valence-corrected chi connectivity index (χ4v) is 2.80. The van der Waals surface area contributed by atoms with Crippen molar-refractivity contribution in [2.24, 2.45) is 0 Å². The van der Waals surface area contributed by atoms with Gasteiger partial charge < -0.3 is 5.32 Å². The van der Waals surface area contributed by atoms with Gasteiger partial charge in [0.15, 0.2) is 0 Å². The first-order valence-electron chi connectivity index (χ1n) is 7.10. The van der Waals surface area contributed by atoms with E-state index in [0.717, 1.165) is 43.3 Å². The van der Waals surface area contributed by atoms with Crippen molar-refractivity contribution < 1.29 is 0 Å². The molecule has 1 heterocycles. The Bertz CT molecular complexity index is 565. The van der Waals surface area contributed by atoms with Gasteiger partial charge in [0.25, 0.3) is 0 Å². The number of anilines is 1. The molecule has 104 valence electrons. The molecule has 0 unspecified atom stereocenters. The van der Waals surface area contributed by atoms with E-state index in [-0.39, 0.29) is 0 Å². The minimum atomic E-state index is 0.781. The summed E-state index contributed by atoms with van der Waals surface area (Å²) in [5.74, 6) is 0. The molecule has 0 aliphatic carbocycles. The average Bonchev–Trinajstić information content (AvgIpc) is 2.49. The molecule has 0 aromatic heterocycles. The number of halogens is 1. The fourth-order valence-electron chi connectivity index (χ4n) is 2.67.